The lowest BCUT2D eigenvalue weighted by molar-refractivity contribution is -0.0498. The molecule has 0 bridgehead atoms. The van der Waals surface area contributed by atoms with Gasteiger partial charge < -0.3 is 4.74 Å². The molecule has 2 aromatic rings. The van der Waals surface area contributed by atoms with Crippen LogP contribution < -0.4 is 4.74 Å². The summed E-state index contributed by atoms with van der Waals surface area (Å²) in [6.45, 7) is -1.11. The van der Waals surface area contributed by atoms with Crippen LogP contribution in [0.15, 0.2) is 48.5 Å². The van der Waals surface area contributed by atoms with Crippen LogP contribution in [0.3, 0.4) is 0 Å². The van der Waals surface area contributed by atoms with Gasteiger partial charge in [-0.3, -0.25) is 4.21 Å². The first-order valence-electron chi connectivity index (χ1n) is 6.62. The third-order valence-electron chi connectivity index (χ3n) is 3.17. The summed E-state index contributed by atoms with van der Waals surface area (Å²) in [6.07, 6.45) is 0. The van der Waals surface area contributed by atoms with Crippen molar-refractivity contribution in [1.29, 1.82) is 0 Å². The fourth-order valence-electron chi connectivity index (χ4n) is 1.99. The number of rotatable bonds is 6. The summed E-state index contributed by atoms with van der Waals surface area (Å²) < 4.78 is 53.9. The molecule has 6 heteroatoms. The summed E-state index contributed by atoms with van der Waals surface area (Å²) >= 11 is 0. The molecule has 0 unspecified atom stereocenters. The molecule has 0 aliphatic carbocycles. The lowest BCUT2D eigenvalue weighted by Gasteiger charge is -2.12. The molecule has 118 valence electrons. The predicted molar refractivity (Wildman–Crippen MR) is 79.7 cm³/mol. The average molecular weight is 328 g/mol. The molecule has 0 radical (unpaired) electrons. The number of ether oxygens (including phenoxy) is 1. The van der Waals surface area contributed by atoms with Crippen molar-refractivity contribution in [2.45, 2.75) is 24.5 Å². The maximum Gasteiger partial charge on any atom is 0.387 e. The Morgan fingerprint density at radius 2 is 1.82 bits per heavy atom. The molecular weight excluding hydrogens is 313 g/mol. The first-order chi connectivity index (χ1) is 10.5. The van der Waals surface area contributed by atoms with E-state index in [1.54, 1.807) is 31.2 Å². The molecule has 2 rings (SSSR count). The van der Waals surface area contributed by atoms with Crippen molar-refractivity contribution in [1.82, 2.24) is 0 Å². The van der Waals surface area contributed by atoms with E-state index >= 15 is 0 Å². The van der Waals surface area contributed by atoms with Crippen LogP contribution in [0.4, 0.5) is 13.2 Å². The van der Waals surface area contributed by atoms with Gasteiger partial charge in [-0.05, 0) is 42.3 Å². The highest BCUT2D eigenvalue weighted by Crippen LogP contribution is 2.24. The molecule has 0 spiro atoms. The predicted octanol–water partition coefficient (Wildman–Crippen LogP) is 4.44. The smallest absolute Gasteiger partial charge is 0.387 e. The zero-order valence-electron chi connectivity index (χ0n) is 11.8. The largest absolute Gasteiger partial charge is 0.435 e. The number of hydrogen-bond donors (Lipinski definition) is 0. The summed E-state index contributed by atoms with van der Waals surface area (Å²) in [7, 11) is -1.26. The van der Waals surface area contributed by atoms with Crippen molar-refractivity contribution < 1.29 is 22.1 Å². The van der Waals surface area contributed by atoms with Gasteiger partial charge in [0.05, 0.1) is 5.25 Å². The van der Waals surface area contributed by atoms with Crippen molar-refractivity contribution >= 4 is 10.8 Å². The third-order valence-corrected chi connectivity index (χ3v) is 4.84. The summed E-state index contributed by atoms with van der Waals surface area (Å²) in [5.41, 5.74) is 1.41. The molecule has 2 nitrogen and oxygen atoms in total. The summed E-state index contributed by atoms with van der Waals surface area (Å²) in [5.74, 6) is -0.101. The third kappa shape index (κ3) is 4.59. The van der Waals surface area contributed by atoms with E-state index in [1.807, 2.05) is 0 Å². The van der Waals surface area contributed by atoms with Crippen LogP contribution in [-0.4, -0.2) is 10.8 Å². The Bertz CT molecular complexity index is 644. The Morgan fingerprint density at radius 3 is 2.45 bits per heavy atom. The van der Waals surface area contributed by atoms with Crippen LogP contribution in [0.2, 0.25) is 0 Å². The van der Waals surface area contributed by atoms with Crippen LogP contribution in [-0.2, 0) is 16.6 Å². The molecule has 0 heterocycles. The van der Waals surface area contributed by atoms with Gasteiger partial charge in [-0.1, -0.05) is 24.3 Å². The van der Waals surface area contributed by atoms with Gasteiger partial charge in [0.15, 0.2) is 0 Å². The second kappa shape index (κ2) is 7.45. The van der Waals surface area contributed by atoms with Gasteiger partial charge in [0, 0.05) is 16.6 Å². The number of benzene rings is 2. The van der Waals surface area contributed by atoms with E-state index in [1.165, 1.54) is 24.3 Å². The Balaban J connectivity index is 2.06. The Hall–Kier alpha value is -1.82. The molecule has 0 saturated carbocycles. The van der Waals surface area contributed by atoms with E-state index in [0.29, 0.717) is 5.56 Å². The highest BCUT2D eigenvalue weighted by atomic mass is 32.2. The zero-order valence-corrected chi connectivity index (χ0v) is 12.7. The summed E-state index contributed by atoms with van der Waals surface area (Å²) in [4.78, 5) is 0. The van der Waals surface area contributed by atoms with Crippen molar-refractivity contribution in [3.63, 3.8) is 0 Å². The van der Waals surface area contributed by atoms with Crippen molar-refractivity contribution in [2.75, 3.05) is 0 Å². The van der Waals surface area contributed by atoms with Gasteiger partial charge in [-0.25, -0.2) is 4.39 Å². The molecule has 0 aliphatic rings. The van der Waals surface area contributed by atoms with Gasteiger partial charge in [0.25, 0.3) is 0 Å². The maximum absolute atomic E-state index is 12.9. The molecule has 2 aromatic carbocycles. The van der Waals surface area contributed by atoms with Crippen LogP contribution in [0.1, 0.15) is 23.3 Å². The number of halogens is 3. The standard InChI is InChI=1S/C16H15F3O2S/c1-11(13-5-7-14(17)8-6-13)22(20)10-12-3-2-4-15(9-12)21-16(18)19/h2-9,11,16H,10H2,1H3/t11-,22+/m0/s1. The molecule has 0 fully saturated rings. The summed E-state index contributed by atoms with van der Waals surface area (Å²) in [5, 5.41) is -0.291. The molecule has 22 heavy (non-hydrogen) atoms. The Labute approximate surface area is 129 Å². The molecule has 0 N–H and O–H groups in total. The Morgan fingerprint density at radius 1 is 1.14 bits per heavy atom. The van der Waals surface area contributed by atoms with Crippen LogP contribution in [0, 0.1) is 5.82 Å². The maximum atomic E-state index is 12.9. The van der Waals surface area contributed by atoms with E-state index in [9.17, 15) is 17.4 Å². The Kier molecular flexibility index (Phi) is 5.60. The van der Waals surface area contributed by atoms with Crippen LogP contribution in [0.25, 0.3) is 0 Å². The van der Waals surface area contributed by atoms with E-state index in [4.69, 9.17) is 0 Å². The summed E-state index contributed by atoms with van der Waals surface area (Å²) in [6, 6.07) is 12.0. The first-order valence-corrected chi connectivity index (χ1v) is 8.00. The van der Waals surface area contributed by atoms with E-state index in [2.05, 4.69) is 4.74 Å². The molecule has 0 aromatic heterocycles. The number of hydrogen-bond acceptors (Lipinski definition) is 2. The second-order valence-electron chi connectivity index (χ2n) is 4.74. The van der Waals surface area contributed by atoms with Gasteiger partial charge in [0.2, 0.25) is 0 Å². The molecule has 0 amide bonds. The minimum atomic E-state index is -2.89. The molecule has 0 aliphatic heterocycles. The van der Waals surface area contributed by atoms with E-state index in [0.717, 1.165) is 5.56 Å². The topological polar surface area (TPSA) is 26.3 Å². The molecular formula is C16H15F3O2S. The van der Waals surface area contributed by atoms with E-state index in [-0.39, 0.29) is 22.6 Å². The zero-order chi connectivity index (χ0) is 16.1. The second-order valence-corrected chi connectivity index (χ2v) is 6.50. The van der Waals surface area contributed by atoms with Gasteiger partial charge in [-0.15, -0.1) is 0 Å². The fraction of sp³-hybridized carbons (Fsp3) is 0.250. The highest BCUT2D eigenvalue weighted by molar-refractivity contribution is 7.84. The molecule has 0 saturated heterocycles. The highest BCUT2D eigenvalue weighted by Gasteiger charge is 2.15. The van der Waals surface area contributed by atoms with Gasteiger partial charge in [-0.2, -0.15) is 8.78 Å². The normalized spacial score (nSPS) is 13.9. The average Bonchev–Trinajstić information content (AvgIpc) is 2.47. The van der Waals surface area contributed by atoms with Crippen molar-refractivity contribution in [2.24, 2.45) is 0 Å². The minimum Gasteiger partial charge on any atom is -0.435 e. The lowest BCUT2D eigenvalue weighted by atomic mass is 10.2. The van der Waals surface area contributed by atoms with Crippen LogP contribution in [0.5, 0.6) is 5.75 Å². The van der Waals surface area contributed by atoms with Gasteiger partial charge >= 0.3 is 6.61 Å². The quantitative estimate of drug-likeness (QED) is 0.784. The van der Waals surface area contributed by atoms with E-state index < -0.39 is 17.4 Å². The molecule has 2 atom stereocenters. The minimum absolute atomic E-state index is 0.0407. The SMILES string of the molecule is C[C@@H](c1ccc(F)cc1)[S@](=O)Cc1cccc(OC(F)F)c1. The van der Waals surface area contributed by atoms with Crippen molar-refractivity contribution in [3.8, 4) is 5.75 Å². The monoisotopic (exact) mass is 328 g/mol. The number of alkyl halides is 2. The van der Waals surface area contributed by atoms with Gasteiger partial charge in [0.1, 0.15) is 11.6 Å². The fourth-order valence-corrected chi connectivity index (χ4v) is 3.21. The van der Waals surface area contributed by atoms with Crippen molar-refractivity contribution in [3.05, 3.63) is 65.5 Å². The first kappa shape index (κ1) is 16.5. The van der Waals surface area contributed by atoms with Crippen LogP contribution >= 0.6 is 0 Å². The lowest BCUT2D eigenvalue weighted by Crippen LogP contribution is -2.06.